The Kier molecular flexibility index (Phi) is 6.94. The Labute approximate surface area is 102 Å². The predicted octanol–water partition coefficient (Wildman–Crippen LogP) is 2.13. The molecule has 0 aromatic carbocycles. The standard InChI is InChI=1S/C10H21O6P/c1-5-14-10(4,15-6-2)17(13,16-7-3)8-9(11)12/h5-8H2,1-4H3,(H,11,12). The molecule has 0 rings (SSSR count). The summed E-state index contributed by atoms with van der Waals surface area (Å²) < 4.78 is 28.3. The molecular formula is C10H21O6P. The zero-order valence-corrected chi connectivity index (χ0v) is 11.7. The van der Waals surface area contributed by atoms with Gasteiger partial charge >= 0.3 is 5.97 Å². The Morgan fingerprint density at radius 3 is 1.94 bits per heavy atom. The van der Waals surface area contributed by atoms with Crippen molar-refractivity contribution in [2.24, 2.45) is 0 Å². The summed E-state index contributed by atoms with van der Waals surface area (Å²) in [4.78, 5) is 10.8. The van der Waals surface area contributed by atoms with E-state index in [1.165, 1.54) is 6.92 Å². The lowest BCUT2D eigenvalue weighted by molar-refractivity contribution is -0.168. The van der Waals surface area contributed by atoms with E-state index in [-0.39, 0.29) is 19.8 Å². The van der Waals surface area contributed by atoms with Gasteiger partial charge in [-0.15, -0.1) is 0 Å². The lowest BCUT2D eigenvalue weighted by Crippen LogP contribution is -2.35. The van der Waals surface area contributed by atoms with Gasteiger partial charge in [-0.1, -0.05) is 0 Å². The largest absolute Gasteiger partial charge is 0.481 e. The second-order valence-electron chi connectivity index (χ2n) is 3.41. The van der Waals surface area contributed by atoms with Crippen LogP contribution < -0.4 is 0 Å². The van der Waals surface area contributed by atoms with Crippen LogP contribution in [-0.2, 0) is 23.4 Å². The molecule has 17 heavy (non-hydrogen) atoms. The van der Waals surface area contributed by atoms with E-state index in [4.69, 9.17) is 19.1 Å². The minimum atomic E-state index is -3.57. The van der Waals surface area contributed by atoms with Gasteiger partial charge < -0.3 is 19.1 Å². The van der Waals surface area contributed by atoms with E-state index in [1.54, 1.807) is 20.8 Å². The molecule has 1 unspecified atom stereocenters. The zero-order valence-electron chi connectivity index (χ0n) is 10.8. The van der Waals surface area contributed by atoms with Crippen LogP contribution in [0.1, 0.15) is 27.7 Å². The Morgan fingerprint density at radius 1 is 1.18 bits per heavy atom. The van der Waals surface area contributed by atoms with Crippen LogP contribution in [0.5, 0.6) is 0 Å². The van der Waals surface area contributed by atoms with Gasteiger partial charge in [-0.3, -0.25) is 9.36 Å². The fraction of sp³-hybridized carbons (Fsp3) is 0.900. The van der Waals surface area contributed by atoms with E-state index in [0.29, 0.717) is 0 Å². The number of carboxylic acids is 1. The quantitative estimate of drug-likeness (QED) is 0.509. The van der Waals surface area contributed by atoms with Crippen LogP contribution in [0.15, 0.2) is 0 Å². The highest BCUT2D eigenvalue weighted by Gasteiger charge is 2.49. The number of rotatable bonds is 9. The summed E-state index contributed by atoms with van der Waals surface area (Å²) in [5, 5.41) is 8.81. The Hall–Kier alpha value is -0.420. The molecular weight excluding hydrogens is 247 g/mol. The maximum Gasteiger partial charge on any atom is 0.313 e. The highest BCUT2D eigenvalue weighted by Crippen LogP contribution is 2.59. The van der Waals surface area contributed by atoms with E-state index in [2.05, 4.69) is 0 Å². The third-order valence-electron chi connectivity index (χ3n) is 2.12. The molecule has 0 aliphatic carbocycles. The van der Waals surface area contributed by atoms with Crippen LogP contribution in [0.25, 0.3) is 0 Å². The number of hydrogen-bond acceptors (Lipinski definition) is 5. The molecule has 0 amide bonds. The molecule has 6 nitrogen and oxygen atoms in total. The van der Waals surface area contributed by atoms with Gasteiger partial charge in [0, 0.05) is 13.2 Å². The monoisotopic (exact) mass is 268 g/mol. The third-order valence-corrected chi connectivity index (χ3v) is 4.98. The SMILES string of the molecule is CCOC(C)(OCC)P(=O)(CC(=O)O)OCC. The molecule has 7 heteroatoms. The first kappa shape index (κ1) is 16.6. The van der Waals surface area contributed by atoms with Crippen LogP contribution >= 0.6 is 7.37 Å². The lowest BCUT2D eigenvalue weighted by Gasteiger charge is -2.35. The molecule has 0 saturated carbocycles. The van der Waals surface area contributed by atoms with Crippen LogP contribution in [0, 0.1) is 0 Å². The number of ether oxygens (including phenoxy) is 2. The Bertz CT molecular complexity index is 285. The molecule has 0 saturated heterocycles. The smallest absolute Gasteiger partial charge is 0.313 e. The summed E-state index contributed by atoms with van der Waals surface area (Å²) >= 11 is 0. The van der Waals surface area contributed by atoms with Gasteiger partial charge in [-0.2, -0.15) is 0 Å². The fourth-order valence-corrected chi connectivity index (χ4v) is 3.50. The molecule has 0 bridgehead atoms. The van der Waals surface area contributed by atoms with Crippen LogP contribution in [0.3, 0.4) is 0 Å². The fourth-order valence-electron chi connectivity index (χ4n) is 1.47. The minimum Gasteiger partial charge on any atom is -0.481 e. The molecule has 0 aromatic heterocycles. The summed E-state index contributed by atoms with van der Waals surface area (Å²) in [5.41, 5.74) is -1.51. The third kappa shape index (κ3) is 4.39. The summed E-state index contributed by atoms with van der Waals surface area (Å²) in [6, 6.07) is 0. The maximum atomic E-state index is 12.6. The number of carboxylic acid groups (broad SMARTS) is 1. The molecule has 0 aromatic rings. The molecule has 0 aliphatic rings. The molecule has 0 heterocycles. The molecule has 1 N–H and O–H groups in total. The van der Waals surface area contributed by atoms with E-state index >= 15 is 0 Å². The summed E-state index contributed by atoms with van der Waals surface area (Å²) in [6.07, 6.45) is -0.614. The molecule has 0 spiro atoms. The maximum absolute atomic E-state index is 12.6. The van der Waals surface area contributed by atoms with Crippen LogP contribution in [0.2, 0.25) is 0 Å². The van der Waals surface area contributed by atoms with Crippen molar-refractivity contribution < 1.29 is 28.5 Å². The van der Waals surface area contributed by atoms with Gasteiger partial charge in [-0.05, 0) is 27.7 Å². The molecule has 102 valence electrons. The van der Waals surface area contributed by atoms with E-state index in [9.17, 15) is 9.36 Å². The summed E-state index contributed by atoms with van der Waals surface area (Å²) in [6.45, 7) is 7.19. The van der Waals surface area contributed by atoms with Crippen molar-refractivity contribution in [3.05, 3.63) is 0 Å². The van der Waals surface area contributed by atoms with Gasteiger partial charge in [-0.25, -0.2) is 0 Å². The van der Waals surface area contributed by atoms with Crippen molar-refractivity contribution in [2.75, 3.05) is 26.0 Å². The first-order valence-corrected chi connectivity index (χ1v) is 7.39. The molecule has 1 atom stereocenters. The van der Waals surface area contributed by atoms with E-state index < -0.39 is 25.0 Å². The average molecular weight is 268 g/mol. The Balaban J connectivity index is 5.20. The van der Waals surface area contributed by atoms with Crippen molar-refractivity contribution in [2.45, 2.75) is 33.2 Å². The highest BCUT2D eigenvalue weighted by molar-refractivity contribution is 7.61. The zero-order chi connectivity index (χ0) is 13.5. The van der Waals surface area contributed by atoms with Crippen molar-refractivity contribution in [3.8, 4) is 0 Å². The minimum absolute atomic E-state index is 0.139. The van der Waals surface area contributed by atoms with Gasteiger partial charge in [0.2, 0.25) is 5.53 Å². The first-order chi connectivity index (χ1) is 7.85. The molecule has 0 aliphatic heterocycles. The predicted molar refractivity (Wildman–Crippen MR) is 63.4 cm³/mol. The normalized spacial score (nSPS) is 15.5. The molecule has 0 fully saturated rings. The van der Waals surface area contributed by atoms with Crippen molar-refractivity contribution in [1.29, 1.82) is 0 Å². The number of aliphatic carboxylic acids is 1. The van der Waals surface area contributed by atoms with Crippen molar-refractivity contribution in [3.63, 3.8) is 0 Å². The van der Waals surface area contributed by atoms with Gasteiger partial charge in [0.15, 0.2) is 0 Å². The average Bonchev–Trinajstić information content (AvgIpc) is 2.17. The molecule has 0 radical (unpaired) electrons. The van der Waals surface area contributed by atoms with E-state index in [1.807, 2.05) is 0 Å². The first-order valence-electron chi connectivity index (χ1n) is 5.58. The topological polar surface area (TPSA) is 82.1 Å². The number of hydrogen-bond donors (Lipinski definition) is 1. The van der Waals surface area contributed by atoms with E-state index in [0.717, 1.165) is 0 Å². The lowest BCUT2D eigenvalue weighted by atomic mass is 10.7. The van der Waals surface area contributed by atoms with Crippen LogP contribution in [-0.4, -0.2) is 42.6 Å². The number of carbonyl (C=O) groups is 1. The van der Waals surface area contributed by atoms with Gasteiger partial charge in [0.25, 0.3) is 7.37 Å². The summed E-state index contributed by atoms with van der Waals surface area (Å²) in [7, 11) is -3.57. The van der Waals surface area contributed by atoms with Gasteiger partial charge in [0.1, 0.15) is 6.16 Å². The van der Waals surface area contributed by atoms with Gasteiger partial charge in [0.05, 0.1) is 6.61 Å². The van der Waals surface area contributed by atoms with Crippen LogP contribution in [0.4, 0.5) is 0 Å². The highest BCUT2D eigenvalue weighted by atomic mass is 31.2. The summed E-state index contributed by atoms with van der Waals surface area (Å²) in [5.74, 6) is -1.20. The Morgan fingerprint density at radius 2 is 1.65 bits per heavy atom. The van der Waals surface area contributed by atoms with Crippen molar-refractivity contribution in [1.82, 2.24) is 0 Å². The second kappa shape index (κ2) is 7.11. The van der Waals surface area contributed by atoms with Crippen molar-refractivity contribution >= 4 is 13.3 Å². The second-order valence-corrected chi connectivity index (χ2v) is 6.14.